The van der Waals surface area contributed by atoms with Crippen molar-refractivity contribution >= 4 is 11.5 Å². The number of nitrogens with two attached hydrogens (primary N) is 1. The molecule has 2 aromatic heterocycles. The van der Waals surface area contributed by atoms with Crippen LogP contribution in [0.4, 0.5) is 11.5 Å². The largest absolute Gasteiger partial charge is 0.384 e. The van der Waals surface area contributed by atoms with Crippen LogP contribution in [0.1, 0.15) is 5.56 Å². The lowest BCUT2D eigenvalue weighted by Crippen LogP contribution is -2.45. The van der Waals surface area contributed by atoms with Crippen LogP contribution in [0.25, 0.3) is 0 Å². The summed E-state index contributed by atoms with van der Waals surface area (Å²) in [6.07, 6.45) is 5.87. The first-order valence-corrected chi connectivity index (χ1v) is 6.87. The van der Waals surface area contributed by atoms with E-state index < -0.39 is 0 Å². The minimum Gasteiger partial charge on any atom is -0.384 e. The van der Waals surface area contributed by atoms with Gasteiger partial charge in [-0.2, -0.15) is 5.10 Å². The van der Waals surface area contributed by atoms with Gasteiger partial charge in [0.15, 0.2) is 0 Å². The van der Waals surface area contributed by atoms with Crippen LogP contribution in [0.2, 0.25) is 0 Å². The molecule has 0 bridgehead atoms. The van der Waals surface area contributed by atoms with Crippen molar-refractivity contribution < 1.29 is 0 Å². The number of aryl methyl sites for hydroxylation is 1. The van der Waals surface area contributed by atoms with Gasteiger partial charge in [0.25, 0.3) is 0 Å². The van der Waals surface area contributed by atoms with Gasteiger partial charge >= 0.3 is 0 Å². The third kappa shape index (κ3) is 2.91. The summed E-state index contributed by atoms with van der Waals surface area (Å²) >= 11 is 0. The second kappa shape index (κ2) is 5.50. The minimum atomic E-state index is 0.573. The number of rotatable bonds is 3. The maximum Gasteiger partial charge on any atom is 0.123 e. The monoisotopic (exact) mass is 272 g/mol. The summed E-state index contributed by atoms with van der Waals surface area (Å²) < 4.78 is 1.85. The van der Waals surface area contributed by atoms with Gasteiger partial charge in [0.05, 0.1) is 18.1 Å². The van der Waals surface area contributed by atoms with Gasteiger partial charge in [-0.1, -0.05) is 0 Å². The number of pyridine rings is 1. The maximum absolute atomic E-state index is 5.62. The van der Waals surface area contributed by atoms with E-state index in [4.69, 9.17) is 5.73 Å². The smallest absolute Gasteiger partial charge is 0.123 e. The van der Waals surface area contributed by atoms with E-state index in [9.17, 15) is 0 Å². The molecule has 0 aromatic carbocycles. The molecule has 6 heteroatoms. The number of anilines is 2. The molecule has 0 unspecified atom stereocenters. The highest BCUT2D eigenvalue weighted by Gasteiger charge is 2.17. The van der Waals surface area contributed by atoms with Gasteiger partial charge in [-0.15, -0.1) is 0 Å². The Labute approximate surface area is 118 Å². The molecule has 1 fully saturated rings. The molecule has 20 heavy (non-hydrogen) atoms. The van der Waals surface area contributed by atoms with E-state index in [0.29, 0.717) is 5.82 Å². The molecular weight excluding hydrogens is 252 g/mol. The summed E-state index contributed by atoms with van der Waals surface area (Å²) in [6.45, 7) is 5.12. The zero-order valence-electron chi connectivity index (χ0n) is 11.7. The first-order valence-electron chi connectivity index (χ1n) is 6.87. The topological polar surface area (TPSA) is 63.2 Å². The van der Waals surface area contributed by atoms with Crippen molar-refractivity contribution in [2.75, 3.05) is 36.8 Å². The van der Waals surface area contributed by atoms with E-state index in [0.717, 1.165) is 38.4 Å². The molecule has 2 aromatic rings. The van der Waals surface area contributed by atoms with Crippen LogP contribution >= 0.6 is 0 Å². The van der Waals surface area contributed by atoms with Crippen molar-refractivity contribution in [3.63, 3.8) is 0 Å². The molecule has 2 N–H and O–H groups in total. The number of hydrogen-bond acceptors (Lipinski definition) is 5. The van der Waals surface area contributed by atoms with Gasteiger partial charge in [-0.3, -0.25) is 9.58 Å². The molecule has 1 aliphatic rings. The summed E-state index contributed by atoms with van der Waals surface area (Å²) in [6, 6.07) is 3.90. The lowest BCUT2D eigenvalue weighted by atomic mass is 10.2. The highest BCUT2D eigenvalue weighted by atomic mass is 15.3. The quantitative estimate of drug-likeness (QED) is 0.892. The molecule has 1 saturated heterocycles. The molecular formula is C14H20N6. The Bertz CT molecular complexity index is 553. The Morgan fingerprint density at radius 3 is 2.55 bits per heavy atom. The van der Waals surface area contributed by atoms with Crippen LogP contribution < -0.4 is 10.6 Å². The summed E-state index contributed by atoms with van der Waals surface area (Å²) in [7, 11) is 1.95. The molecule has 0 aliphatic carbocycles. The molecule has 3 rings (SSSR count). The summed E-state index contributed by atoms with van der Waals surface area (Å²) in [5.74, 6) is 0.573. The van der Waals surface area contributed by atoms with E-state index in [1.165, 1.54) is 5.56 Å². The van der Waals surface area contributed by atoms with Crippen LogP contribution in [-0.4, -0.2) is 45.8 Å². The van der Waals surface area contributed by atoms with Gasteiger partial charge in [-0.05, 0) is 12.1 Å². The van der Waals surface area contributed by atoms with Gasteiger partial charge in [0, 0.05) is 51.5 Å². The van der Waals surface area contributed by atoms with Crippen LogP contribution in [0.3, 0.4) is 0 Å². The Kier molecular flexibility index (Phi) is 3.56. The number of hydrogen-bond donors (Lipinski definition) is 1. The number of nitrogens with zero attached hydrogens (tertiary/aromatic N) is 5. The molecule has 0 atom stereocenters. The van der Waals surface area contributed by atoms with Gasteiger partial charge in [0.1, 0.15) is 5.82 Å². The van der Waals surface area contributed by atoms with Crippen molar-refractivity contribution in [3.8, 4) is 0 Å². The number of piperazine rings is 1. The van der Waals surface area contributed by atoms with E-state index in [-0.39, 0.29) is 0 Å². The standard InChI is InChI=1S/C14H20N6/c1-18-10-12(8-17-18)11-19-4-6-20(7-5-19)13-2-3-14(15)16-9-13/h2-3,8-10H,4-7,11H2,1H3,(H2,15,16). The predicted octanol–water partition coefficient (Wildman–Crippen LogP) is 0.719. The average Bonchev–Trinajstić information content (AvgIpc) is 2.86. The van der Waals surface area contributed by atoms with Gasteiger partial charge < -0.3 is 10.6 Å². The van der Waals surface area contributed by atoms with Crippen LogP contribution in [0.5, 0.6) is 0 Å². The third-order valence-corrected chi connectivity index (χ3v) is 3.67. The molecule has 6 nitrogen and oxygen atoms in total. The van der Waals surface area contributed by atoms with Gasteiger partial charge in [-0.25, -0.2) is 4.98 Å². The Morgan fingerprint density at radius 2 is 1.95 bits per heavy atom. The first kappa shape index (κ1) is 12.9. The van der Waals surface area contributed by atoms with E-state index in [1.54, 1.807) is 0 Å². The minimum absolute atomic E-state index is 0.573. The Morgan fingerprint density at radius 1 is 1.15 bits per heavy atom. The Hall–Kier alpha value is -2.08. The SMILES string of the molecule is Cn1cc(CN2CCN(c3ccc(N)nc3)CC2)cn1. The normalized spacial score (nSPS) is 16.6. The maximum atomic E-state index is 5.62. The number of nitrogen functional groups attached to an aromatic ring is 1. The van der Waals surface area contributed by atoms with E-state index in [1.807, 2.05) is 36.3 Å². The summed E-state index contributed by atoms with van der Waals surface area (Å²) in [4.78, 5) is 8.97. The predicted molar refractivity (Wildman–Crippen MR) is 79.3 cm³/mol. The van der Waals surface area contributed by atoms with Crippen molar-refractivity contribution in [1.82, 2.24) is 19.7 Å². The molecule has 0 amide bonds. The molecule has 3 heterocycles. The lowest BCUT2D eigenvalue weighted by molar-refractivity contribution is 0.250. The number of aromatic nitrogens is 3. The first-order chi connectivity index (χ1) is 9.70. The highest BCUT2D eigenvalue weighted by Crippen LogP contribution is 2.17. The van der Waals surface area contributed by atoms with Crippen LogP contribution in [-0.2, 0) is 13.6 Å². The molecule has 106 valence electrons. The van der Waals surface area contributed by atoms with E-state index >= 15 is 0 Å². The molecule has 0 radical (unpaired) electrons. The summed E-state index contributed by atoms with van der Waals surface area (Å²) in [5, 5.41) is 4.21. The van der Waals surface area contributed by atoms with Crippen molar-refractivity contribution in [2.45, 2.75) is 6.54 Å². The fourth-order valence-corrected chi connectivity index (χ4v) is 2.56. The third-order valence-electron chi connectivity index (χ3n) is 3.67. The van der Waals surface area contributed by atoms with Crippen molar-refractivity contribution in [3.05, 3.63) is 36.3 Å². The second-order valence-electron chi connectivity index (χ2n) is 5.23. The fraction of sp³-hybridized carbons (Fsp3) is 0.429. The van der Waals surface area contributed by atoms with E-state index in [2.05, 4.69) is 26.1 Å². The second-order valence-corrected chi connectivity index (χ2v) is 5.23. The van der Waals surface area contributed by atoms with Crippen LogP contribution in [0, 0.1) is 0 Å². The Balaban J connectivity index is 1.55. The average molecular weight is 272 g/mol. The zero-order valence-corrected chi connectivity index (χ0v) is 11.7. The fourth-order valence-electron chi connectivity index (χ4n) is 2.56. The molecule has 1 aliphatic heterocycles. The summed E-state index contributed by atoms with van der Waals surface area (Å²) in [5.41, 5.74) is 8.05. The highest BCUT2D eigenvalue weighted by molar-refractivity contribution is 5.48. The van der Waals surface area contributed by atoms with Crippen molar-refractivity contribution in [1.29, 1.82) is 0 Å². The molecule has 0 saturated carbocycles. The lowest BCUT2D eigenvalue weighted by Gasteiger charge is -2.35. The zero-order chi connectivity index (χ0) is 13.9. The molecule has 0 spiro atoms. The van der Waals surface area contributed by atoms with Gasteiger partial charge in [0.2, 0.25) is 0 Å². The van der Waals surface area contributed by atoms with Crippen molar-refractivity contribution in [2.24, 2.45) is 7.05 Å². The van der Waals surface area contributed by atoms with Crippen LogP contribution in [0.15, 0.2) is 30.7 Å².